The summed E-state index contributed by atoms with van der Waals surface area (Å²) in [5.74, 6) is 1.29. The summed E-state index contributed by atoms with van der Waals surface area (Å²) >= 11 is 0. The van der Waals surface area contributed by atoms with Crippen molar-refractivity contribution < 1.29 is 9.53 Å². The highest BCUT2D eigenvalue weighted by molar-refractivity contribution is 5.94. The summed E-state index contributed by atoms with van der Waals surface area (Å²) < 4.78 is 7.20. The molecule has 0 bridgehead atoms. The number of para-hydroxylation sites is 2. The number of hydrogen-bond acceptors (Lipinski definition) is 3. The molecule has 0 unspecified atom stereocenters. The van der Waals surface area contributed by atoms with Crippen molar-refractivity contribution in [1.29, 1.82) is 0 Å². The summed E-state index contributed by atoms with van der Waals surface area (Å²) in [4.78, 5) is 17.0. The first-order valence-electron chi connectivity index (χ1n) is 7.70. The van der Waals surface area contributed by atoms with Gasteiger partial charge in [-0.05, 0) is 30.3 Å². The molecule has 5 heteroatoms. The molecule has 2 aromatic carbocycles. The van der Waals surface area contributed by atoms with E-state index < -0.39 is 0 Å². The van der Waals surface area contributed by atoms with E-state index in [1.54, 1.807) is 31.4 Å². The minimum absolute atomic E-state index is 0.161. The number of allylic oxidation sites excluding steroid dienone is 1. The van der Waals surface area contributed by atoms with Crippen LogP contribution < -0.4 is 10.1 Å². The van der Waals surface area contributed by atoms with E-state index in [-0.39, 0.29) is 5.91 Å². The summed E-state index contributed by atoms with van der Waals surface area (Å²) in [6.07, 6.45) is 1.82. The van der Waals surface area contributed by atoms with Crippen LogP contribution in [0.25, 0.3) is 11.0 Å². The molecule has 0 saturated heterocycles. The van der Waals surface area contributed by atoms with E-state index in [2.05, 4.69) is 16.9 Å². The van der Waals surface area contributed by atoms with Crippen molar-refractivity contribution in [1.82, 2.24) is 14.9 Å². The zero-order valence-corrected chi connectivity index (χ0v) is 13.5. The number of imidazole rings is 1. The van der Waals surface area contributed by atoms with Crippen molar-refractivity contribution in [3.8, 4) is 5.75 Å². The molecular formula is C19H19N3O2. The maximum Gasteiger partial charge on any atom is 0.251 e. The highest BCUT2D eigenvalue weighted by Gasteiger charge is 2.12. The Kier molecular flexibility index (Phi) is 4.61. The zero-order valence-electron chi connectivity index (χ0n) is 13.5. The minimum atomic E-state index is -0.161. The second-order valence-electron chi connectivity index (χ2n) is 5.33. The topological polar surface area (TPSA) is 56.2 Å². The van der Waals surface area contributed by atoms with Crippen LogP contribution in [0.4, 0.5) is 0 Å². The molecule has 0 aliphatic rings. The number of hydrogen-bond donors (Lipinski definition) is 1. The normalized spacial score (nSPS) is 10.5. The van der Waals surface area contributed by atoms with E-state index in [0.717, 1.165) is 16.9 Å². The first kappa shape index (κ1) is 15.8. The quantitative estimate of drug-likeness (QED) is 0.710. The van der Waals surface area contributed by atoms with Gasteiger partial charge in [0.1, 0.15) is 11.6 Å². The van der Waals surface area contributed by atoms with E-state index in [1.165, 1.54) is 0 Å². The molecule has 0 aliphatic heterocycles. The van der Waals surface area contributed by atoms with Crippen LogP contribution in [0.5, 0.6) is 5.75 Å². The summed E-state index contributed by atoms with van der Waals surface area (Å²) in [6, 6.07) is 15.0. The standard InChI is InChI=1S/C19H19N3O2/c1-3-11-22-17-10-5-4-9-16(17)21-18(22)13-20-19(23)14-7-6-8-15(12-14)24-2/h3-10,12H,1,11,13H2,2H3,(H,20,23). The van der Waals surface area contributed by atoms with Gasteiger partial charge in [-0.15, -0.1) is 6.58 Å². The molecule has 1 aromatic heterocycles. The van der Waals surface area contributed by atoms with Crippen molar-refractivity contribution in [3.05, 3.63) is 72.6 Å². The van der Waals surface area contributed by atoms with Crippen molar-refractivity contribution in [2.75, 3.05) is 7.11 Å². The summed E-state index contributed by atoms with van der Waals surface area (Å²) in [5.41, 5.74) is 2.49. The highest BCUT2D eigenvalue weighted by Crippen LogP contribution is 2.17. The first-order valence-corrected chi connectivity index (χ1v) is 7.70. The van der Waals surface area contributed by atoms with Crippen molar-refractivity contribution in [2.24, 2.45) is 0 Å². The molecule has 1 N–H and O–H groups in total. The highest BCUT2D eigenvalue weighted by atomic mass is 16.5. The molecule has 0 spiro atoms. The number of methoxy groups -OCH3 is 1. The molecule has 122 valence electrons. The van der Waals surface area contributed by atoms with Gasteiger partial charge in [0.2, 0.25) is 0 Å². The molecule has 1 heterocycles. The number of fused-ring (bicyclic) bond motifs is 1. The third-order valence-corrected chi connectivity index (χ3v) is 3.78. The van der Waals surface area contributed by atoms with Gasteiger partial charge in [-0.2, -0.15) is 0 Å². The Bertz CT molecular complexity index is 883. The lowest BCUT2D eigenvalue weighted by Crippen LogP contribution is -2.24. The van der Waals surface area contributed by atoms with Gasteiger partial charge in [0.25, 0.3) is 5.91 Å². The average molecular weight is 321 g/mol. The van der Waals surface area contributed by atoms with Gasteiger partial charge in [-0.1, -0.05) is 24.3 Å². The van der Waals surface area contributed by atoms with Crippen LogP contribution in [0.1, 0.15) is 16.2 Å². The Labute approximate surface area is 140 Å². The van der Waals surface area contributed by atoms with Gasteiger partial charge in [-0.25, -0.2) is 4.98 Å². The predicted octanol–water partition coefficient (Wildman–Crippen LogP) is 3.16. The number of aromatic nitrogens is 2. The number of carbonyl (C=O) groups is 1. The number of amides is 1. The molecule has 0 aliphatic carbocycles. The maximum absolute atomic E-state index is 12.3. The van der Waals surface area contributed by atoms with Crippen molar-refractivity contribution >= 4 is 16.9 Å². The van der Waals surface area contributed by atoms with Gasteiger partial charge in [0.15, 0.2) is 0 Å². The Morgan fingerprint density at radius 1 is 1.29 bits per heavy atom. The zero-order chi connectivity index (χ0) is 16.9. The fraction of sp³-hybridized carbons (Fsp3) is 0.158. The number of benzene rings is 2. The fourth-order valence-electron chi connectivity index (χ4n) is 2.62. The van der Waals surface area contributed by atoms with Crippen LogP contribution in [0, 0.1) is 0 Å². The third-order valence-electron chi connectivity index (χ3n) is 3.78. The lowest BCUT2D eigenvalue weighted by atomic mass is 10.2. The smallest absolute Gasteiger partial charge is 0.251 e. The van der Waals surface area contributed by atoms with E-state index in [1.807, 2.05) is 34.9 Å². The Morgan fingerprint density at radius 3 is 2.92 bits per heavy atom. The van der Waals surface area contributed by atoms with Crippen molar-refractivity contribution in [2.45, 2.75) is 13.1 Å². The van der Waals surface area contributed by atoms with Crippen LogP contribution in [0.15, 0.2) is 61.2 Å². The lowest BCUT2D eigenvalue weighted by molar-refractivity contribution is 0.0949. The first-order chi connectivity index (χ1) is 11.7. The molecule has 1 amide bonds. The Hall–Kier alpha value is -3.08. The fourth-order valence-corrected chi connectivity index (χ4v) is 2.62. The monoisotopic (exact) mass is 321 g/mol. The SMILES string of the molecule is C=CCn1c(CNC(=O)c2cccc(OC)c2)nc2ccccc21. The van der Waals surface area contributed by atoms with Gasteiger partial charge >= 0.3 is 0 Å². The van der Waals surface area contributed by atoms with Crippen LogP contribution in [-0.4, -0.2) is 22.6 Å². The molecule has 3 rings (SSSR count). The maximum atomic E-state index is 12.3. The Morgan fingerprint density at radius 2 is 2.12 bits per heavy atom. The van der Waals surface area contributed by atoms with E-state index in [4.69, 9.17) is 4.74 Å². The van der Waals surface area contributed by atoms with Gasteiger partial charge < -0.3 is 14.6 Å². The summed E-state index contributed by atoms with van der Waals surface area (Å²) in [5, 5.41) is 2.91. The molecule has 24 heavy (non-hydrogen) atoms. The number of rotatable bonds is 6. The molecule has 0 atom stereocenters. The van der Waals surface area contributed by atoms with Crippen LogP contribution in [-0.2, 0) is 13.1 Å². The second kappa shape index (κ2) is 7.00. The molecule has 0 saturated carbocycles. The van der Waals surface area contributed by atoms with E-state index in [0.29, 0.717) is 24.4 Å². The molecule has 0 radical (unpaired) electrons. The van der Waals surface area contributed by atoms with Crippen LogP contribution in [0.3, 0.4) is 0 Å². The summed E-state index contributed by atoms with van der Waals surface area (Å²) in [6.45, 7) is 4.79. The number of ether oxygens (including phenoxy) is 1. The van der Waals surface area contributed by atoms with E-state index >= 15 is 0 Å². The largest absolute Gasteiger partial charge is 0.497 e. The Balaban J connectivity index is 1.81. The molecular weight excluding hydrogens is 302 g/mol. The predicted molar refractivity (Wildman–Crippen MR) is 94.1 cm³/mol. The number of nitrogens with zero attached hydrogens (tertiary/aromatic N) is 2. The summed E-state index contributed by atoms with van der Waals surface area (Å²) in [7, 11) is 1.58. The molecule has 0 fully saturated rings. The van der Waals surface area contributed by atoms with Gasteiger partial charge in [-0.3, -0.25) is 4.79 Å². The molecule has 3 aromatic rings. The number of nitrogens with one attached hydrogen (secondary N) is 1. The molecule has 5 nitrogen and oxygen atoms in total. The lowest BCUT2D eigenvalue weighted by Gasteiger charge is -2.09. The van der Waals surface area contributed by atoms with E-state index in [9.17, 15) is 4.79 Å². The third kappa shape index (κ3) is 3.15. The van der Waals surface area contributed by atoms with Gasteiger partial charge in [0.05, 0.1) is 24.7 Å². The van der Waals surface area contributed by atoms with Crippen LogP contribution in [0.2, 0.25) is 0 Å². The van der Waals surface area contributed by atoms with Gasteiger partial charge in [0, 0.05) is 12.1 Å². The van der Waals surface area contributed by atoms with Crippen LogP contribution >= 0.6 is 0 Å². The second-order valence-corrected chi connectivity index (χ2v) is 5.33. The number of carbonyl (C=O) groups excluding carboxylic acids is 1. The average Bonchev–Trinajstić information content (AvgIpc) is 2.98. The minimum Gasteiger partial charge on any atom is -0.497 e. The van der Waals surface area contributed by atoms with Crippen molar-refractivity contribution in [3.63, 3.8) is 0 Å².